The molecule has 1 atom stereocenters. The van der Waals surface area contributed by atoms with Crippen molar-refractivity contribution in [3.63, 3.8) is 0 Å². The lowest BCUT2D eigenvalue weighted by Gasteiger charge is -2.15. The predicted molar refractivity (Wildman–Crippen MR) is 74.8 cm³/mol. The number of nitrogen functional groups attached to an aromatic ring is 1. The molecule has 2 aromatic heterocycles. The number of alkyl halides is 1. The molecule has 0 spiro atoms. The van der Waals surface area contributed by atoms with Gasteiger partial charge in [0, 0.05) is 6.92 Å². The van der Waals surface area contributed by atoms with E-state index in [1.165, 1.54) is 17.8 Å². The monoisotopic (exact) mass is 315 g/mol. The molecule has 0 saturated heterocycles. The van der Waals surface area contributed by atoms with Crippen LogP contribution in [0.1, 0.15) is 6.92 Å². The molecule has 2 rings (SSSR count). The van der Waals surface area contributed by atoms with Gasteiger partial charge in [0.25, 0.3) is 5.56 Å². The molecule has 1 unspecified atom stereocenters. The van der Waals surface area contributed by atoms with Crippen LogP contribution in [0.25, 0.3) is 11.2 Å². The maximum Gasteiger partial charge on any atom is 0.302 e. The van der Waals surface area contributed by atoms with E-state index in [4.69, 9.17) is 26.8 Å². The van der Waals surface area contributed by atoms with Crippen LogP contribution < -0.4 is 11.3 Å². The minimum absolute atomic E-state index is 0.0111. The normalized spacial score (nSPS) is 12.5. The van der Waals surface area contributed by atoms with Gasteiger partial charge in [-0.3, -0.25) is 19.1 Å². The van der Waals surface area contributed by atoms with Gasteiger partial charge < -0.3 is 15.2 Å². The summed E-state index contributed by atoms with van der Waals surface area (Å²) in [7, 11) is 0. The third kappa shape index (κ3) is 3.70. The summed E-state index contributed by atoms with van der Waals surface area (Å²) in [5.41, 5.74) is 5.53. The molecule has 2 heterocycles. The fraction of sp³-hybridized carbons (Fsp3) is 0.455. The lowest BCUT2D eigenvalue weighted by atomic mass is 10.4. The number of fused-ring (bicyclic) bond motifs is 1. The van der Waals surface area contributed by atoms with E-state index < -0.39 is 17.6 Å². The predicted octanol–water partition coefficient (Wildman–Crippen LogP) is -0.154. The first-order valence-corrected chi connectivity index (χ1v) is 6.56. The van der Waals surface area contributed by atoms with Crippen LogP contribution >= 0.6 is 11.6 Å². The van der Waals surface area contributed by atoms with Crippen molar-refractivity contribution in [2.24, 2.45) is 0 Å². The van der Waals surface area contributed by atoms with E-state index in [-0.39, 0.29) is 30.7 Å². The number of aromatic nitrogens is 4. The minimum Gasteiger partial charge on any atom is -0.463 e. The Balaban J connectivity index is 2.09. The molecule has 0 fully saturated rings. The van der Waals surface area contributed by atoms with E-state index >= 15 is 0 Å². The number of H-pyrrole nitrogens is 1. The van der Waals surface area contributed by atoms with Crippen LogP contribution in [-0.4, -0.2) is 44.1 Å². The number of carbonyl (C=O) groups excluding carboxylic acids is 1. The molecule has 0 amide bonds. The minimum atomic E-state index is -0.479. The third-order valence-electron chi connectivity index (χ3n) is 2.59. The van der Waals surface area contributed by atoms with Crippen molar-refractivity contribution >= 4 is 34.7 Å². The molecule has 0 aromatic carbocycles. The van der Waals surface area contributed by atoms with E-state index in [2.05, 4.69) is 15.0 Å². The zero-order valence-electron chi connectivity index (χ0n) is 11.2. The van der Waals surface area contributed by atoms with E-state index in [1.54, 1.807) is 0 Å². The fourth-order valence-corrected chi connectivity index (χ4v) is 1.78. The number of esters is 1. The van der Waals surface area contributed by atoms with Gasteiger partial charge in [0.1, 0.15) is 19.4 Å². The molecule has 9 nitrogen and oxygen atoms in total. The summed E-state index contributed by atoms with van der Waals surface area (Å²) in [6, 6.07) is 0. The number of anilines is 1. The Hall–Kier alpha value is -2.13. The maximum absolute atomic E-state index is 11.6. The highest BCUT2D eigenvalue weighted by molar-refractivity contribution is 6.18. The number of imidazole rings is 1. The van der Waals surface area contributed by atoms with Gasteiger partial charge in [0.15, 0.2) is 11.2 Å². The van der Waals surface area contributed by atoms with Crippen LogP contribution in [0.15, 0.2) is 11.1 Å². The third-order valence-corrected chi connectivity index (χ3v) is 2.93. The van der Waals surface area contributed by atoms with E-state index in [0.29, 0.717) is 5.65 Å². The lowest BCUT2D eigenvalue weighted by Crippen LogP contribution is -2.24. The number of nitrogens with one attached hydrogen (secondary N) is 1. The van der Waals surface area contributed by atoms with Crippen molar-refractivity contribution in [3.05, 3.63) is 16.7 Å². The molecular formula is C11H14ClN5O4. The molecule has 0 aliphatic carbocycles. The lowest BCUT2D eigenvalue weighted by molar-refractivity contribution is -0.145. The number of hydrogen-bond donors (Lipinski definition) is 2. The zero-order valence-corrected chi connectivity index (χ0v) is 12.0. The number of carbonyl (C=O) groups is 1. The van der Waals surface area contributed by atoms with Crippen molar-refractivity contribution in [1.82, 2.24) is 19.5 Å². The van der Waals surface area contributed by atoms with E-state index in [9.17, 15) is 9.59 Å². The number of nitrogens with two attached hydrogens (primary N) is 1. The standard InChI is InChI=1S/C11H14ClN5O4/c1-6(18)20-3-7(2-12)21-5-17-4-14-8-9(17)15-11(13)16-10(8)19/h4,7H,2-3,5H2,1H3,(H3,13,15,16,19). The molecule has 114 valence electrons. The van der Waals surface area contributed by atoms with Crippen molar-refractivity contribution in [2.45, 2.75) is 19.8 Å². The van der Waals surface area contributed by atoms with Crippen LogP contribution in [-0.2, 0) is 21.0 Å². The summed E-state index contributed by atoms with van der Waals surface area (Å²) in [6.45, 7) is 1.39. The van der Waals surface area contributed by atoms with Gasteiger partial charge in [-0.25, -0.2) is 4.98 Å². The largest absolute Gasteiger partial charge is 0.463 e. The molecule has 0 saturated carbocycles. The molecule has 0 bridgehead atoms. The Bertz CT molecular complexity index is 697. The van der Waals surface area contributed by atoms with Crippen LogP contribution in [0.2, 0.25) is 0 Å². The first-order valence-electron chi connectivity index (χ1n) is 6.02. The van der Waals surface area contributed by atoms with Crippen molar-refractivity contribution in [3.8, 4) is 0 Å². The van der Waals surface area contributed by atoms with Gasteiger partial charge >= 0.3 is 5.97 Å². The van der Waals surface area contributed by atoms with Crippen molar-refractivity contribution < 1.29 is 14.3 Å². The Morgan fingerprint density at radius 2 is 2.38 bits per heavy atom. The Kier molecular flexibility index (Phi) is 4.76. The summed E-state index contributed by atoms with van der Waals surface area (Å²) in [6.07, 6.45) is 0.927. The second-order valence-electron chi connectivity index (χ2n) is 4.21. The summed E-state index contributed by atoms with van der Waals surface area (Å²) in [4.78, 5) is 32.7. The van der Waals surface area contributed by atoms with Crippen molar-refractivity contribution in [2.75, 3.05) is 18.2 Å². The second-order valence-corrected chi connectivity index (χ2v) is 4.52. The molecule has 2 aromatic rings. The average Bonchev–Trinajstić information content (AvgIpc) is 2.82. The zero-order chi connectivity index (χ0) is 15.4. The number of aromatic amines is 1. The highest BCUT2D eigenvalue weighted by Gasteiger charge is 2.13. The van der Waals surface area contributed by atoms with Gasteiger partial charge in [0.05, 0.1) is 12.2 Å². The summed E-state index contributed by atoms with van der Waals surface area (Å²) in [5, 5.41) is 0. The number of ether oxygens (including phenoxy) is 2. The topological polar surface area (TPSA) is 125 Å². The quantitative estimate of drug-likeness (QED) is 0.560. The van der Waals surface area contributed by atoms with Gasteiger partial charge in [-0.15, -0.1) is 11.6 Å². The smallest absolute Gasteiger partial charge is 0.302 e. The average molecular weight is 316 g/mol. The first kappa shape index (κ1) is 15.3. The van der Waals surface area contributed by atoms with Crippen LogP contribution in [0.4, 0.5) is 5.95 Å². The molecule has 3 N–H and O–H groups in total. The fourth-order valence-electron chi connectivity index (χ4n) is 1.60. The molecule has 0 aliphatic heterocycles. The van der Waals surface area contributed by atoms with Gasteiger partial charge in [-0.2, -0.15) is 4.98 Å². The highest BCUT2D eigenvalue weighted by Crippen LogP contribution is 2.08. The van der Waals surface area contributed by atoms with Gasteiger partial charge in [-0.05, 0) is 0 Å². The Morgan fingerprint density at radius 3 is 3.05 bits per heavy atom. The van der Waals surface area contributed by atoms with Crippen LogP contribution in [0.3, 0.4) is 0 Å². The Labute approximate surface area is 124 Å². The maximum atomic E-state index is 11.6. The number of rotatable bonds is 6. The SMILES string of the molecule is CC(=O)OCC(CCl)OCn1cnc2c(=O)[nH]c(N)nc21. The second kappa shape index (κ2) is 6.55. The molecule has 10 heteroatoms. The molecule has 0 radical (unpaired) electrons. The Morgan fingerprint density at radius 1 is 1.62 bits per heavy atom. The van der Waals surface area contributed by atoms with Gasteiger partial charge in [-0.1, -0.05) is 0 Å². The van der Waals surface area contributed by atoms with Crippen LogP contribution in [0, 0.1) is 0 Å². The molecule has 0 aliphatic rings. The molecular weight excluding hydrogens is 302 g/mol. The highest BCUT2D eigenvalue weighted by atomic mass is 35.5. The van der Waals surface area contributed by atoms with Gasteiger partial charge in [0.2, 0.25) is 5.95 Å². The van der Waals surface area contributed by atoms with Crippen molar-refractivity contribution in [1.29, 1.82) is 0 Å². The van der Waals surface area contributed by atoms with Crippen LogP contribution in [0.5, 0.6) is 0 Å². The summed E-state index contributed by atoms with van der Waals surface area (Å²) < 4.78 is 11.8. The number of hydrogen-bond acceptors (Lipinski definition) is 7. The van der Waals surface area contributed by atoms with E-state index in [0.717, 1.165) is 0 Å². The number of halogens is 1. The van der Waals surface area contributed by atoms with E-state index in [1.807, 2.05) is 0 Å². The number of nitrogens with zero attached hydrogens (tertiary/aromatic N) is 3. The first-order chi connectivity index (χ1) is 10.0. The summed E-state index contributed by atoms with van der Waals surface area (Å²) in [5.74, 6) is -0.276. The summed E-state index contributed by atoms with van der Waals surface area (Å²) >= 11 is 5.73. The molecule has 21 heavy (non-hydrogen) atoms.